The summed E-state index contributed by atoms with van der Waals surface area (Å²) < 4.78 is 0. The van der Waals surface area contributed by atoms with Gasteiger partial charge in [0.05, 0.1) is 17.7 Å². The zero-order valence-corrected chi connectivity index (χ0v) is 12.0. The number of hydrogen-bond acceptors (Lipinski definition) is 5. The highest BCUT2D eigenvalue weighted by Gasteiger charge is 2.14. The molecule has 0 atom stereocenters. The molecule has 0 radical (unpaired) electrons. The largest absolute Gasteiger partial charge is 0.373 e. The third-order valence-corrected chi connectivity index (χ3v) is 3.76. The summed E-state index contributed by atoms with van der Waals surface area (Å²) in [5, 5.41) is 2.93. The van der Waals surface area contributed by atoms with E-state index >= 15 is 0 Å². The molecular weight excluding hydrogens is 260 g/mol. The van der Waals surface area contributed by atoms with E-state index in [1.165, 1.54) is 0 Å². The van der Waals surface area contributed by atoms with E-state index in [9.17, 15) is 4.79 Å². The number of aromatic nitrogens is 2. The molecule has 2 aromatic heterocycles. The van der Waals surface area contributed by atoms with Crippen LogP contribution in [0.2, 0.25) is 0 Å². The molecule has 1 amide bonds. The van der Waals surface area contributed by atoms with Gasteiger partial charge in [0, 0.05) is 30.7 Å². The van der Waals surface area contributed by atoms with Crippen LogP contribution in [0.15, 0.2) is 23.8 Å². The van der Waals surface area contributed by atoms with E-state index in [1.807, 2.05) is 6.92 Å². The summed E-state index contributed by atoms with van der Waals surface area (Å²) in [6.45, 7) is 2.53. The van der Waals surface area contributed by atoms with Gasteiger partial charge in [0.2, 0.25) is 0 Å². The van der Waals surface area contributed by atoms with Crippen LogP contribution in [0.4, 0.5) is 5.82 Å². The fourth-order valence-electron chi connectivity index (χ4n) is 1.69. The highest BCUT2D eigenvalue weighted by atomic mass is 32.1. The van der Waals surface area contributed by atoms with Crippen molar-refractivity contribution in [2.24, 2.45) is 0 Å². The van der Waals surface area contributed by atoms with Gasteiger partial charge in [0.15, 0.2) is 0 Å². The second-order valence-corrected chi connectivity index (χ2v) is 5.14. The molecule has 100 valence electrons. The van der Waals surface area contributed by atoms with E-state index in [1.54, 1.807) is 54.2 Å². The van der Waals surface area contributed by atoms with Crippen LogP contribution in [-0.4, -0.2) is 34.9 Å². The predicted octanol–water partition coefficient (Wildman–Crippen LogP) is 2.16. The fraction of sp³-hybridized carbons (Fsp3) is 0.308. The van der Waals surface area contributed by atoms with Crippen LogP contribution in [-0.2, 0) is 6.54 Å². The van der Waals surface area contributed by atoms with Crippen LogP contribution in [0.1, 0.15) is 20.9 Å². The number of amides is 1. The van der Waals surface area contributed by atoms with Crippen molar-refractivity contribution in [2.75, 3.05) is 19.4 Å². The molecule has 6 heteroatoms. The molecule has 19 heavy (non-hydrogen) atoms. The molecule has 0 aliphatic heterocycles. The van der Waals surface area contributed by atoms with E-state index in [-0.39, 0.29) is 5.91 Å². The van der Waals surface area contributed by atoms with Gasteiger partial charge in [0.25, 0.3) is 5.91 Å². The maximum Gasteiger partial charge on any atom is 0.254 e. The van der Waals surface area contributed by atoms with E-state index in [0.29, 0.717) is 17.9 Å². The molecule has 2 rings (SSSR count). The smallest absolute Gasteiger partial charge is 0.254 e. The van der Waals surface area contributed by atoms with Gasteiger partial charge in [-0.2, -0.15) is 0 Å². The average Bonchev–Trinajstić information content (AvgIpc) is 2.83. The summed E-state index contributed by atoms with van der Waals surface area (Å²) in [6.07, 6.45) is 1.63. The minimum atomic E-state index is -0.0216. The quantitative estimate of drug-likeness (QED) is 0.929. The number of carbonyl (C=O) groups is 1. The maximum absolute atomic E-state index is 12.3. The first kappa shape index (κ1) is 13.5. The van der Waals surface area contributed by atoms with Crippen LogP contribution in [0.25, 0.3) is 0 Å². The van der Waals surface area contributed by atoms with Gasteiger partial charge in [-0.25, -0.2) is 9.97 Å². The molecule has 0 bridgehead atoms. The van der Waals surface area contributed by atoms with Gasteiger partial charge in [0.1, 0.15) is 5.82 Å². The third kappa shape index (κ3) is 3.08. The number of aryl methyl sites for hydroxylation is 1. The number of pyridine rings is 1. The molecule has 0 aliphatic rings. The molecule has 1 N–H and O–H groups in total. The number of anilines is 1. The lowest BCUT2D eigenvalue weighted by atomic mass is 10.2. The Labute approximate surface area is 116 Å². The minimum absolute atomic E-state index is 0.0216. The van der Waals surface area contributed by atoms with Crippen LogP contribution in [0.3, 0.4) is 0 Å². The normalized spacial score (nSPS) is 10.3. The minimum Gasteiger partial charge on any atom is -0.373 e. The molecule has 0 spiro atoms. The first-order valence-electron chi connectivity index (χ1n) is 5.90. The van der Waals surface area contributed by atoms with E-state index in [4.69, 9.17) is 0 Å². The maximum atomic E-state index is 12.3. The number of carbonyl (C=O) groups excluding carboxylic acids is 1. The first-order valence-corrected chi connectivity index (χ1v) is 6.78. The number of nitrogens with zero attached hydrogens (tertiary/aromatic N) is 3. The van der Waals surface area contributed by atoms with E-state index < -0.39 is 0 Å². The summed E-state index contributed by atoms with van der Waals surface area (Å²) in [5.41, 5.74) is 3.41. The molecular formula is C13H16N4OS. The van der Waals surface area contributed by atoms with Gasteiger partial charge in [-0.3, -0.25) is 4.79 Å². The Kier molecular flexibility index (Phi) is 4.11. The van der Waals surface area contributed by atoms with Gasteiger partial charge < -0.3 is 10.2 Å². The second kappa shape index (κ2) is 5.79. The lowest BCUT2D eigenvalue weighted by Gasteiger charge is -2.16. The van der Waals surface area contributed by atoms with Crippen molar-refractivity contribution in [3.63, 3.8) is 0 Å². The summed E-state index contributed by atoms with van der Waals surface area (Å²) in [7, 11) is 3.57. The number of hydrogen-bond donors (Lipinski definition) is 1. The molecule has 2 aromatic rings. The topological polar surface area (TPSA) is 58.1 Å². The zero-order valence-electron chi connectivity index (χ0n) is 11.2. The molecule has 2 heterocycles. The zero-order chi connectivity index (χ0) is 13.8. The molecule has 0 saturated heterocycles. The summed E-state index contributed by atoms with van der Waals surface area (Å²) >= 11 is 1.57. The summed E-state index contributed by atoms with van der Waals surface area (Å²) in [6, 6.07) is 3.47. The van der Waals surface area contributed by atoms with Crippen molar-refractivity contribution in [1.82, 2.24) is 14.9 Å². The van der Waals surface area contributed by atoms with Gasteiger partial charge >= 0.3 is 0 Å². The van der Waals surface area contributed by atoms with Crippen molar-refractivity contribution >= 4 is 23.1 Å². The van der Waals surface area contributed by atoms with E-state index in [0.717, 1.165) is 10.6 Å². The fourth-order valence-corrected chi connectivity index (χ4v) is 2.52. The third-order valence-electron chi connectivity index (χ3n) is 2.84. The Morgan fingerprint density at radius 1 is 1.47 bits per heavy atom. The highest BCUT2D eigenvalue weighted by Crippen LogP contribution is 2.16. The van der Waals surface area contributed by atoms with Crippen molar-refractivity contribution in [3.8, 4) is 0 Å². The average molecular weight is 276 g/mol. The summed E-state index contributed by atoms with van der Waals surface area (Å²) in [5.74, 6) is 0.667. The predicted molar refractivity (Wildman–Crippen MR) is 76.4 cm³/mol. The van der Waals surface area contributed by atoms with Crippen LogP contribution >= 0.6 is 11.3 Å². The van der Waals surface area contributed by atoms with Crippen LogP contribution < -0.4 is 5.32 Å². The van der Waals surface area contributed by atoms with Crippen molar-refractivity contribution in [2.45, 2.75) is 13.5 Å². The Morgan fingerprint density at radius 2 is 2.26 bits per heavy atom. The Balaban J connectivity index is 2.12. The Morgan fingerprint density at radius 3 is 2.89 bits per heavy atom. The van der Waals surface area contributed by atoms with Gasteiger partial charge in [-0.15, -0.1) is 11.3 Å². The SMILES string of the molecule is CNc1cc(C(=O)N(C)Cc2scnc2C)ccn1. The van der Waals surface area contributed by atoms with Crippen molar-refractivity contribution in [3.05, 3.63) is 40.0 Å². The first-order chi connectivity index (χ1) is 9.11. The summed E-state index contributed by atoms with van der Waals surface area (Å²) in [4.78, 5) is 23.4. The Bertz CT molecular complexity index is 582. The molecule has 0 aromatic carbocycles. The van der Waals surface area contributed by atoms with Crippen LogP contribution in [0.5, 0.6) is 0 Å². The number of thiazole rings is 1. The number of nitrogens with one attached hydrogen (secondary N) is 1. The lowest BCUT2D eigenvalue weighted by Crippen LogP contribution is -2.26. The number of rotatable bonds is 4. The highest BCUT2D eigenvalue weighted by molar-refractivity contribution is 7.09. The second-order valence-electron chi connectivity index (χ2n) is 4.20. The molecule has 0 aliphatic carbocycles. The van der Waals surface area contributed by atoms with Crippen molar-refractivity contribution in [1.29, 1.82) is 0 Å². The van der Waals surface area contributed by atoms with E-state index in [2.05, 4.69) is 15.3 Å². The van der Waals surface area contributed by atoms with Gasteiger partial charge in [-0.05, 0) is 19.1 Å². The van der Waals surface area contributed by atoms with Crippen LogP contribution in [0, 0.1) is 6.92 Å². The standard InChI is InChI=1S/C13H16N4OS/c1-9-11(19-8-16-9)7-17(3)13(18)10-4-5-15-12(6-10)14-2/h4-6,8H,7H2,1-3H3,(H,14,15). The van der Waals surface area contributed by atoms with Crippen molar-refractivity contribution < 1.29 is 4.79 Å². The molecule has 0 fully saturated rings. The monoisotopic (exact) mass is 276 g/mol. The Hall–Kier alpha value is -1.95. The molecule has 5 nitrogen and oxygen atoms in total. The van der Waals surface area contributed by atoms with Gasteiger partial charge in [-0.1, -0.05) is 0 Å². The lowest BCUT2D eigenvalue weighted by molar-refractivity contribution is 0.0786. The molecule has 0 unspecified atom stereocenters. The molecule has 0 saturated carbocycles.